The number of nitriles is 1. The molecule has 0 saturated carbocycles. The Balaban J connectivity index is 1.88. The van der Waals surface area contributed by atoms with Crippen molar-refractivity contribution in [3.8, 4) is 6.07 Å². The average molecular weight is 325 g/mol. The first-order valence-corrected chi connectivity index (χ1v) is 8.29. The molecule has 6 heteroatoms. The number of nitrogens with zero attached hydrogens (tertiary/aromatic N) is 3. The molecule has 3 aromatic rings. The maximum atomic E-state index is 9.22. The molecule has 5 nitrogen and oxygen atoms in total. The van der Waals surface area contributed by atoms with Crippen molar-refractivity contribution in [3.05, 3.63) is 41.5 Å². The summed E-state index contributed by atoms with van der Waals surface area (Å²) in [6, 6.07) is 6.28. The number of hydrogen-bond donors (Lipinski definition) is 2. The summed E-state index contributed by atoms with van der Waals surface area (Å²) >= 11 is 1.48. The van der Waals surface area contributed by atoms with Crippen LogP contribution in [0.2, 0.25) is 0 Å². The lowest BCUT2D eigenvalue weighted by Gasteiger charge is -2.07. The molecule has 0 unspecified atom stereocenters. The molecule has 2 heterocycles. The predicted molar refractivity (Wildman–Crippen MR) is 94.5 cm³/mol. The third kappa shape index (κ3) is 2.80. The molecule has 0 aliphatic rings. The lowest BCUT2D eigenvalue weighted by atomic mass is 10.1. The Bertz CT molecular complexity index is 898. The first kappa shape index (κ1) is 15.5. The summed E-state index contributed by atoms with van der Waals surface area (Å²) in [6.45, 7) is 6.29. The third-order valence-electron chi connectivity index (χ3n) is 3.84. The minimum Gasteiger partial charge on any atom is -0.358 e. The van der Waals surface area contributed by atoms with Crippen molar-refractivity contribution in [2.45, 2.75) is 31.7 Å². The number of fused-ring (bicyclic) bond motifs is 1. The van der Waals surface area contributed by atoms with E-state index in [9.17, 15) is 5.26 Å². The minimum absolute atomic E-state index is 0.391. The first-order valence-electron chi connectivity index (χ1n) is 7.48. The Morgan fingerprint density at radius 1 is 1.39 bits per heavy atom. The molecule has 0 radical (unpaired) electrons. The van der Waals surface area contributed by atoms with E-state index < -0.39 is 0 Å². The average Bonchev–Trinajstić information content (AvgIpc) is 3.10. The van der Waals surface area contributed by atoms with Crippen molar-refractivity contribution in [2.75, 3.05) is 4.72 Å². The highest BCUT2D eigenvalue weighted by Crippen LogP contribution is 2.31. The van der Waals surface area contributed by atoms with E-state index >= 15 is 0 Å². The number of aryl methyl sites for hydroxylation is 2. The summed E-state index contributed by atoms with van der Waals surface area (Å²) in [5.41, 5.74) is 3.67. The zero-order valence-corrected chi connectivity index (χ0v) is 14.5. The summed E-state index contributed by atoms with van der Waals surface area (Å²) in [7, 11) is 2.01. The van der Waals surface area contributed by atoms with Gasteiger partial charge < -0.3 is 14.3 Å². The maximum Gasteiger partial charge on any atom is 0.135 e. The van der Waals surface area contributed by atoms with Gasteiger partial charge in [-0.05, 0) is 18.6 Å². The molecular formula is C17H19N5S. The number of benzene rings is 1. The van der Waals surface area contributed by atoms with Crippen LogP contribution in [0.15, 0.2) is 29.6 Å². The third-order valence-corrected chi connectivity index (χ3v) is 4.56. The van der Waals surface area contributed by atoms with Gasteiger partial charge in [-0.2, -0.15) is 5.26 Å². The lowest BCUT2D eigenvalue weighted by molar-refractivity contribution is 0.710. The second kappa shape index (κ2) is 6.01. The maximum absolute atomic E-state index is 9.22. The summed E-state index contributed by atoms with van der Waals surface area (Å²) in [5.74, 6) is 1.46. The van der Waals surface area contributed by atoms with Crippen molar-refractivity contribution in [2.24, 2.45) is 7.05 Å². The second-order valence-electron chi connectivity index (χ2n) is 5.90. The molecule has 1 aromatic carbocycles. The lowest BCUT2D eigenvalue weighted by Crippen LogP contribution is -1.98. The van der Waals surface area contributed by atoms with E-state index in [2.05, 4.69) is 39.2 Å². The molecule has 0 saturated heterocycles. The van der Waals surface area contributed by atoms with Gasteiger partial charge in [0.05, 0.1) is 16.8 Å². The molecule has 23 heavy (non-hydrogen) atoms. The highest BCUT2D eigenvalue weighted by Gasteiger charge is 2.12. The molecule has 0 aliphatic carbocycles. The smallest absolute Gasteiger partial charge is 0.135 e. The van der Waals surface area contributed by atoms with Crippen molar-refractivity contribution >= 4 is 28.5 Å². The second-order valence-corrected chi connectivity index (χ2v) is 6.73. The van der Waals surface area contributed by atoms with Crippen LogP contribution in [0.4, 0.5) is 5.69 Å². The van der Waals surface area contributed by atoms with Gasteiger partial charge >= 0.3 is 0 Å². The molecule has 0 atom stereocenters. The first-order chi connectivity index (χ1) is 11.0. The molecule has 2 N–H and O–H groups in total. The van der Waals surface area contributed by atoms with Gasteiger partial charge in [-0.3, -0.25) is 0 Å². The van der Waals surface area contributed by atoms with E-state index in [0.29, 0.717) is 11.5 Å². The summed E-state index contributed by atoms with van der Waals surface area (Å²) in [6.07, 6.45) is 3.78. The fraction of sp³-hybridized carbons (Fsp3) is 0.294. The summed E-state index contributed by atoms with van der Waals surface area (Å²) in [4.78, 5) is 7.84. The van der Waals surface area contributed by atoms with E-state index in [0.717, 1.165) is 33.0 Å². The summed E-state index contributed by atoms with van der Waals surface area (Å²) in [5, 5.41) is 11.1. The van der Waals surface area contributed by atoms with Gasteiger partial charge in [0, 0.05) is 42.7 Å². The molecule has 2 aromatic heterocycles. The van der Waals surface area contributed by atoms with Crippen LogP contribution in [0, 0.1) is 18.3 Å². The molecule has 0 bridgehead atoms. The van der Waals surface area contributed by atoms with E-state index in [1.165, 1.54) is 11.9 Å². The standard InChI is InChI=1S/C17H19N5S/c1-10(2)17-20-14(9-22(17)4)23-21-13-6-5-11(3)15-12(7-18)8-19-16(13)15/h5-6,8-10,19,21H,1-4H3. The zero-order valence-electron chi connectivity index (χ0n) is 13.6. The predicted octanol–water partition coefficient (Wildman–Crippen LogP) is 4.32. The topological polar surface area (TPSA) is 69.4 Å². The van der Waals surface area contributed by atoms with Crippen LogP contribution in [0.3, 0.4) is 0 Å². The SMILES string of the molecule is Cc1ccc(NSc2cn(C)c(C(C)C)n2)c2[nH]cc(C#N)c12. The number of H-pyrrole nitrogens is 1. The van der Waals surface area contributed by atoms with Gasteiger partial charge in [0.1, 0.15) is 16.9 Å². The van der Waals surface area contributed by atoms with Crippen LogP contribution in [-0.4, -0.2) is 14.5 Å². The minimum atomic E-state index is 0.391. The molecule has 118 valence electrons. The normalized spacial score (nSPS) is 11.1. The fourth-order valence-electron chi connectivity index (χ4n) is 2.74. The number of imidazole rings is 1. The molecule has 0 aliphatic heterocycles. The Labute approximate surface area is 139 Å². The van der Waals surface area contributed by atoms with Crippen molar-refractivity contribution in [1.29, 1.82) is 5.26 Å². The number of hydrogen-bond acceptors (Lipinski definition) is 4. The zero-order chi connectivity index (χ0) is 16.6. The van der Waals surface area contributed by atoms with Gasteiger partial charge in [0.25, 0.3) is 0 Å². The van der Waals surface area contributed by atoms with Gasteiger partial charge in [-0.1, -0.05) is 19.9 Å². The number of aromatic nitrogens is 3. The van der Waals surface area contributed by atoms with Crippen LogP contribution >= 0.6 is 11.9 Å². The van der Waals surface area contributed by atoms with Crippen molar-refractivity contribution in [1.82, 2.24) is 14.5 Å². The molecule has 0 spiro atoms. The van der Waals surface area contributed by atoms with Crippen LogP contribution < -0.4 is 4.72 Å². The molecular weight excluding hydrogens is 306 g/mol. The van der Waals surface area contributed by atoms with Crippen LogP contribution in [0.5, 0.6) is 0 Å². The largest absolute Gasteiger partial charge is 0.358 e. The van der Waals surface area contributed by atoms with Crippen molar-refractivity contribution < 1.29 is 0 Å². The van der Waals surface area contributed by atoms with Crippen LogP contribution in [0.1, 0.15) is 36.7 Å². The fourth-order valence-corrected chi connectivity index (χ4v) is 3.47. The quantitative estimate of drug-likeness (QED) is 0.701. The molecule has 0 amide bonds. The number of aromatic amines is 1. The van der Waals surface area contributed by atoms with E-state index in [4.69, 9.17) is 0 Å². The van der Waals surface area contributed by atoms with Crippen LogP contribution in [0.25, 0.3) is 10.9 Å². The molecule has 3 rings (SSSR count). The Morgan fingerprint density at radius 3 is 2.83 bits per heavy atom. The van der Waals surface area contributed by atoms with E-state index in [1.807, 2.05) is 32.3 Å². The number of anilines is 1. The van der Waals surface area contributed by atoms with Crippen molar-refractivity contribution in [3.63, 3.8) is 0 Å². The van der Waals surface area contributed by atoms with Crippen LogP contribution in [-0.2, 0) is 7.05 Å². The highest BCUT2D eigenvalue weighted by atomic mass is 32.2. The summed E-state index contributed by atoms with van der Waals surface area (Å²) < 4.78 is 5.41. The number of nitrogens with one attached hydrogen (secondary N) is 2. The van der Waals surface area contributed by atoms with E-state index in [1.54, 1.807) is 6.20 Å². The van der Waals surface area contributed by atoms with Gasteiger partial charge in [-0.25, -0.2) is 4.98 Å². The highest BCUT2D eigenvalue weighted by molar-refractivity contribution is 8.00. The number of rotatable bonds is 4. The van der Waals surface area contributed by atoms with E-state index in [-0.39, 0.29) is 0 Å². The Kier molecular flexibility index (Phi) is 4.05. The Morgan fingerprint density at radius 2 is 2.17 bits per heavy atom. The van der Waals surface area contributed by atoms with Gasteiger partial charge in [-0.15, -0.1) is 0 Å². The monoisotopic (exact) mass is 325 g/mol. The van der Waals surface area contributed by atoms with Gasteiger partial charge in [0.15, 0.2) is 0 Å². The molecule has 0 fully saturated rings. The Hall–Kier alpha value is -2.39. The van der Waals surface area contributed by atoms with Gasteiger partial charge in [0.2, 0.25) is 0 Å².